The van der Waals surface area contributed by atoms with Crippen LogP contribution in [0.15, 0.2) is 48.5 Å². The first-order chi connectivity index (χ1) is 12.7. The molecule has 1 heterocycles. The molecule has 2 aromatic rings. The van der Waals surface area contributed by atoms with Gasteiger partial charge in [0.2, 0.25) is 0 Å². The van der Waals surface area contributed by atoms with Gasteiger partial charge in [-0.1, -0.05) is 18.2 Å². The molecule has 0 amide bonds. The summed E-state index contributed by atoms with van der Waals surface area (Å²) < 4.78 is 20.8. The molecule has 0 saturated carbocycles. The van der Waals surface area contributed by atoms with Crippen LogP contribution in [-0.4, -0.2) is 32.3 Å². The number of fused-ring (bicyclic) bond motifs is 1. The van der Waals surface area contributed by atoms with Crippen LogP contribution in [0.25, 0.3) is 6.08 Å². The van der Waals surface area contributed by atoms with Gasteiger partial charge in [0, 0.05) is 6.08 Å². The van der Waals surface area contributed by atoms with Crippen molar-refractivity contribution in [2.24, 2.45) is 0 Å². The van der Waals surface area contributed by atoms with Gasteiger partial charge in [0.1, 0.15) is 19.8 Å². The number of benzene rings is 2. The predicted molar refractivity (Wildman–Crippen MR) is 94.0 cm³/mol. The molecule has 1 aliphatic rings. The maximum absolute atomic E-state index is 11.9. The molecule has 26 heavy (non-hydrogen) atoms. The fraction of sp³-hybridized carbons (Fsp3) is 0.200. The third-order valence-electron chi connectivity index (χ3n) is 3.73. The Morgan fingerprint density at radius 1 is 1.04 bits per heavy atom. The topological polar surface area (TPSA) is 71.1 Å². The predicted octanol–water partition coefficient (Wildman–Crippen LogP) is 3.00. The average Bonchev–Trinajstić information content (AvgIpc) is 2.70. The Morgan fingerprint density at radius 3 is 2.50 bits per heavy atom. The molecular weight excluding hydrogens is 336 g/mol. The second-order valence-corrected chi connectivity index (χ2v) is 5.53. The van der Waals surface area contributed by atoms with E-state index in [1.54, 1.807) is 30.3 Å². The van der Waals surface area contributed by atoms with E-state index in [-0.39, 0.29) is 6.61 Å². The Kier molecular flexibility index (Phi) is 5.53. The molecule has 0 bridgehead atoms. The molecule has 0 saturated heterocycles. The fourth-order valence-electron chi connectivity index (χ4n) is 2.39. The average molecular weight is 354 g/mol. The van der Waals surface area contributed by atoms with Crippen molar-refractivity contribution < 1.29 is 28.5 Å². The van der Waals surface area contributed by atoms with E-state index < -0.39 is 11.9 Å². The van der Waals surface area contributed by atoms with Gasteiger partial charge in [0.05, 0.1) is 12.7 Å². The first kappa shape index (κ1) is 17.5. The summed E-state index contributed by atoms with van der Waals surface area (Å²) in [4.78, 5) is 23.2. The van der Waals surface area contributed by atoms with Crippen LogP contribution >= 0.6 is 0 Å². The molecule has 0 spiro atoms. The SMILES string of the molecule is COC(=O)c1ccc(COC(=O)C=Cc2ccc3c(c2)OCCO3)cc1. The second-order valence-electron chi connectivity index (χ2n) is 5.53. The lowest BCUT2D eigenvalue weighted by Crippen LogP contribution is -2.15. The third kappa shape index (κ3) is 4.42. The van der Waals surface area contributed by atoms with Crippen molar-refractivity contribution in [2.45, 2.75) is 6.61 Å². The van der Waals surface area contributed by atoms with Crippen LogP contribution in [-0.2, 0) is 20.9 Å². The van der Waals surface area contributed by atoms with Gasteiger partial charge in [0.25, 0.3) is 0 Å². The third-order valence-corrected chi connectivity index (χ3v) is 3.73. The molecule has 0 aliphatic carbocycles. The van der Waals surface area contributed by atoms with Gasteiger partial charge in [-0.2, -0.15) is 0 Å². The summed E-state index contributed by atoms with van der Waals surface area (Å²) >= 11 is 0. The van der Waals surface area contributed by atoms with Gasteiger partial charge in [-0.25, -0.2) is 9.59 Å². The number of esters is 2. The van der Waals surface area contributed by atoms with Gasteiger partial charge in [-0.3, -0.25) is 0 Å². The molecule has 0 radical (unpaired) electrons. The molecule has 0 unspecified atom stereocenters. The van der Waals surface area contributed by atoms with Gasteiger partial charge < -0.3 is 18.9 Å². The summed E-state index contributed by atoms with van der Waals surface area (Å²) in [6.45, 7) is 1.16. The molecule has 6 nitrogen and oxygen atoms in total. The summed E-state index contributed by atoms with van der Waals surface area (Å²) in [6.07, 6.45) is 3.01. The van der Waals surface area contributed by atoms with E-state index in [2.05, 4.69) is 4.74 Å². The van der Waals surface area contributed by atoms with E-state index >= 15 is 0 Å². The zero-order valence-corrected chi connectivity index (χ0v) is 14.3. The minimum absolute atomic E-state index is 0.117. The molecule has 2 aromatic carbocycles. The van der Waals surface area contributed by atoms with Gasteiger partial charge in [-0.05, 0) is 41.5 Å². The summed E-state index contributed by atoms with van der Waals surface area (Å²) in [6, 6.07) is 12.1. The van der Waals surface area contributed by atoms with Gasteiger partial charge in [-0.15, -0.1) is 0 Å². The maximum Gasteiger partial charge on any atom is 0.337 e. The van der Waals surface area contributed by atoms with Crippen LogP contribution in [0.2, 0.25) is 0 Å². The molecule has 134 valence electrons. The van der Waals surface area contributed by atoms with Crippen LogP contribution in [0.5, 0.6) is 11.5 Å². The lowest BCUT2D eigenvalue weighted by molar-refractivity contribution is -0.138. The van der Waals surface area contributed by atoms with Crippen LogP contribution in [0.4, 0.5) is 0 Å². The van der Waals surface area contributed by atoms with Crippen molar-refractivity contribution in [3.05, 3.63) is 65.2 Å². The summed E-state index contributed by atoms with van der Waals surface area (Å²) in [5, 5.41) is 0. The van der Waals surface area contributed by atoms with E-state index in [9.17, 15) is 9.59 Å². The van der Waals surface area contributed by atoms with Crippen LogP contribution in [0, 0.1) is 0 Å². The van der Waals surface area contributed by atoms with Crippen molar-refractivity contribution in [1.82, 2.24) is 0 Å². The first-order valence-electron chi connectivity index (χ1n) is 8.07. The Hall–Kier alpha value is -3.28. The number of hydrogen-bond acceptors (Lipinski definition) is 6. The lowest BCUT2D eigenvalue weighted by atomic mass is 10.1. The minimum atomic E-state index is -0.461. The molecule has 0 atom stereocenters. The fourth-order valence-corrected chi connectivity index (χ4v) is 2.39. The minimum Gasteiger partial charge on any atom is -0.486 e. The van der Waals surface area contributed by atoms with E-state index in [1.165, 1.54) is 13.2 Å². The van der Waals surface area contributed by atoms with Crippen molar-refractivity contribution in [3.63, 3.8) is 0 Å². The standard InChI is InChI=1S/C20H18O6/c1-23-20(22)16-6-2-15(3-7-16)13-26-19(21)9-5-14-4-8-17-18(12-14)25-11-10-24-17/h2-9,12H,10-11,13H2,1H3. The number of hydrogen-bond donors (Lipinski definition) is 0. The number of carbonyl (C=O) groups is 2. The zero-order valence-electron chi connectivity index (χ0n) is 14.3. The molecule has 0 aromatic heterocycles. The number of ether oxygens (including phenoxy) is 4. The molecule has 6 heteroatoms. The van der Waals surface area contributed by atoms with Gasteiger partial charge >= 0.3 is 11.9 Å². The van der Waals surface area contributed by atoms with Crippen LogP contribution in [0.1, 0.15) is 21.5 Å². The maximum atomic E-state index is 11.9. The second kappa shape index (κ2) is 8.20. The zero-order chi connectivity index (χ0) is 18.4. The van der Waals surface area contributed by atoms with E-state index in [1.807, 2.05) is 18.2 Å². The Bertz CT molecular complexity index is 823. The van der Waals surface area contributed by atoms with Crippen molar-refractivity contribution in [2.75, 3.05) is 20.3 Å². The Morgan fingerprint density at radius 2 is 1.77 bits per heavy atom. The number of methoxy groups -OCH3 is 1. The summed E-state index contributed by atoms with van der Waals surface area (Å²) in [5.41, 5.74) is 2.04. The van der Waals surface area contributed by atoms with E-state index in [4.69, 9.17) is 14.2 Å². The lowest BCUT2D eigenvalue weighted by Gasteiger charge is -2.18. The van der Waals surface area contributed by atoms with Crippen LogP contribution in [0.3, 0.4) is 0 Å². The molecule has 0 N–H and O–H groups in total. The largest absolute Gasteiger partial charge is 0.486 e. The number of rotatable bonds is 5. The number of carbonyl (C=O) groups excluding carboxylic acids is 2. The summed E-state index contributed by atoms with van der Waals surface area (Å²) in [7, 11) is 1.33. The highest BCUT2D eigenvalue weighted by Gasteiger charge is 2.11. The Labute approximate surface area is 150 Å². The van der Waals surface area contributed by atoms with Crippen LogP contribution < -0.4 is 9.47 Å². The highest BCUT2D eigenvalue weighted by Crippen LogP contribution is 2.31. The quantitative estimate of drug-likeness (QED) is 0.607. The molecule has 0 fully saturated rings. The Balaban J connectivity index is 1.54. The monoisotopic (exact) mass is 354 g/mol. The van der Waals surface area contributed by atoms with Gasteiger partial charge in [0.15, 0.2) is 11.5 Å². The van der Waals surface area contributed by atoms with Crippen molar-refractivity contribution in [1.29, 1.82) is 0 Å². The highest BCUT2D eigenvalue weighted by atomic mass is 16.6. The summed E-state index contributed by atoms with van der Waals surface area (Å²) in [5.74, 6) is 0.497. The molecular formula is C20H18O6. The molecule has 3 rings (SSSR count). The smallest absolute Gasteiger partial charge is 0.337 e. The normalized spacial score (nSPS) is 12.7. The van der Waals surface area contributed by atoms with E-state index in [0.717, 1.165) is 11.1 Å². The highest BCUT2D eigenvalue weighted by molar-refractivity contribution is 5.89. The van der Waals surface area contributed by atoms with Crippen molar-refractivity contribution >= 4 is 18.0 Å². The molecule has 1 aliphatic heterocycles. The van der Waals surface area contributed by atoms with E-state index in [0.29, 0.717) is 30.3 Å². The van der Waals surface area contributed by atoms with Crippen molar-refractivity contribution in [3.8, 4) is 11.5 Å². The first-order valence-corrected chi connectivity index (χ1v) is 8.07.